The predicted octanol–water partition coefficient (Wildman–Crippen LogP) is 17.2. The molecule has 0 aromatic heterocycles. The van der Waals surface area contributed by atoms with Crippen molar-refractivity contribution in [2.45, 2.75) is 275 Å². The highest BCUT2D eigenvalue weighted by Crippen LogP contribution is 2.38. The number of nitrogens with zero attached hydrogens (tertiary/aromatic N) is 1. The third-order valence-electron chi connectivity index (χ3n) is 18.0. The molecule has 2 aromatic rings. The predicted molar refractivity (Wildman–Crippen MR) is 319 cm³/mol. The molecule has 3 aliphatic rings. The van der Waals surface area contributed by atoms with Crippen LogP contribution in [0.5, 0.6) is 0 Å². The summed E-state index contributed by atoms with van der Waals surface area (Å²) in [6, 6.07) is 22.7. The molecule has 74 heavy (non-hydrogen) atoms. The van der Waals surface area contributed by atoms with Crippen LogP contribution >= 0.6 is 11.8 Å². The van der Waals surface area contributed by atoms with Gasteiger partial charge in [0.05, 0.1) is 6.61 Å². The second-order valence-corrected chi connectivity index (χ2v) is 30.5. The van der Waals surface area contributed by atoms with Gasteiger partial charge in [0.15, 0.2) is 0 Å². The molecule has 0 spiro atoms. The molecule has 0 saturated heterocycles. The highest BCUT2D eigenvalue weighted by atomic mass is 32.2. The average Bonchev–Trinajstić information content (AvgIpc) is 3.41. The summed E-state index contributed by atoms with van der Waals surface area (Å²) in [5.74, 6) is 4.00. The van der Waals surface area contributed by atoms with Crippen LogP contribution < -0.4 is 10.4 Å². The molecule has 5 atom stereocenters. The molecule has 4 unspecified atom stereocenters. The molecule has 0 N–H and O–H groups in total. The van der Waals surface area contributed by atoms with Crippen molar-refractivity contribution in [2.75, 3.05) is 32.6 Å². The summed E-state index contributed by atoms with van der Waals surface area (Å²) in [6.07, 6.45) is 40.7. The van der Waals surface area contributed by atoms with Crippen molar-refractivity contribution >= 4 is 42.4 Å². The van der Waals surface area contributed by atoms with Gasteiger partial charge in [0.1, 0.15) is 6.10 Å². The van der Waals surface area contributed by atoms with Gasteiger partial charge in [0.2, 0.25) is 0 Å². The first-order valence-electron chi connectivity index (χ1n) is 31.4. The number of hydrogen-bond donors (Lipinski definition) is 0. The maximum atomic E-state index is 13.2. The Kier molecular flexibility index (Phi) is 30.6. The lowest BCUT2D eigenvalue weighted by molar-refractivity contribution is -0.150. The molecule has 3 aliphatic carbocycles. The quantitative estimate of drug-likeness (QED) is 0.0379. The Morgan fingerprint density at radius 2 is 1.12 bits per heavy atom. The van der Waals surface area contributed by atoms with E-state index in [1.165, 1.54) is 183 Å². The Morgan fingerprint density at radius 3 is 1.68 bits per heavy atom. The first kappa shape index (κ1) is 62.7. The lowest BCUT2D eigenvalue weighted by Gasteiger charge is -2.43. The Bertz CT molecular complexity index is 1700. The largest absolute Gasteiger partial charge is 0.466 e. The molecule has 0 heterocycles. The summed E-state index contributed by atoms with van der Waals surface area (Å²) in [5.41, 5.74) is 0. The van der Waals surface area contributed by atoms with E-state index in [-0.39, 0.29) is 23.1 Å². The normalized spacial score (nSPS) is 19.6. The third kappa shape index (κ3) is 22.7. The van der Waals surface area contributed by atoms with Gasteiger partial charge in [-0.2, -0.15) is 11.8 Å². The first-order valence-corrected chi connectivity index (χ1v) is 34.4. The molecule has 0 radical (unpaired) electrons. The van der Waals surface area contributed by atoms with Crippen LogP contribution in [0.25, 0.3) is 0 Å². The molecule has 3 fully saturated rings. The molecule has 0 bridgehead atoms. The number of esters is 2. The molecular formula is C66H111NO5SSi. The van der Waals surface area contributed by atoms with Crippen LogP contribution in [-0.4, -0.2) is 75.1 Å². The molecule has 6 nitrogen and oxygen atoms in total. The summed E-state index contributed by atoms with van der Waals surface area (Å²) in [7, 11) is -0.159. The molecular weight excluding hydrogens is 947 g/mol. The molecule has 3 saturated carbocycles. The van der Waals surface area contributed by atoms with Gasteiger partial charge in [-0.15, -0.1) is 0 Å². The molecule has 2 aromatic carbocycles. The van der Waals surface area contributed by atoms with Crippen molar-refractivity contribution in [3.8, 4) is 0 Å². The van der Waals surface area contributed by atoms with Crippen molar-refractivity contribution in [3.63, 3.8) is 0 Å². The van der Waals surface area contributed by atoms with Crippen LogP contribution in [0.4, 0.5) is 0 Å². The van der Waals surface area contributed by atoms with Crippen LogP contribution in [0.15, 0.2) is 60.7 Å². The number of thioether (sulfide) groups is 1. The number of ether oxygens (including phenoxy) is 2. The van der Waals surface area contributed by atoms with E-state index < -0.39 is 8.32 Å². The van der Waals surface area contributed by atoms with E-state index in [2.05, 4.69) is 119 Å². The highest BCUT2D eigenvalue weighted by Gasteiger charge is 2.50. The zero-order valence-corrected chi connectivity index (χ0v) is 50.4. The van der Waals surface area contributed by atoms with Crippen LogP contribution in [-0.2, 0) is 23.5 Å². The average molecular weight is 1060 g/mol. The summed E-state index contributed by atoms with van der Waals surface area (Å²) >= 11 is 2.13. The molecule has 0 amide bonds. The van der Waals surface area contributed by atoms with Gasteiger partial charge in [0, 0.05) is 30.7 Å². The van der Waals surface area contributed by atoms with Gasteiger partial charge in [-0.3, -0.25) is 9.59 Å². The standard InChI is InChI=1S/C66H111NO5SSi/c1-7-9-15-29-57(49-53-70-64(68)47-43-55-31-17-11-18-32-55)41-45-59(67(6)51-27-28-52-71-74(66(3,4)5,60-35-21-13-22-36-60)61-37-23-14-24-38-61)46-42-58(30-16-10-8-2)50-54-73-63-40-26-25-39-62(63)72-65(69)48-44-56-33-19-12-20-34-56/h13-14,21-24,35-38,55-59,62-63H,7-12,15-20,25-34,39-54H2,1-6H3/t57?,58?,59?,62-,63?/m1/s1. The molecule has 5 rings (SSSR count). The van der Waals surface area contributed by atoms with Crippen LogP contribution in [0, 0.1) is 23.7 Å². The number of benzene rings is 2. The first-order chi connectivity index (χ1) is 36.0. The van der Waals surface area contributed by atoms with E-state index in [1.807, 2.05) is 0 Å². The lowest BCUT2D eigenvalue weighted by atomic mass is 9.86. The Morgan fingerprint density at radius 1 is 0.595 bits per heavy atom. The number of unbranched alkanes of at least 4 members (excludes halogenated alkanes) is 5. The number of rotatable bonds is 37. The highest BCUT2D eigenvalue weighted by molar-refractivity contribution is 7.99. The number of carbonyl (C=O) groups excluding carboxylic acids is 2. The third-order valence-corrected chi connectivity index (χ3v) is 24.5. The van der Waals surface area contributed by atoms with E-state index in [0.717, 1.165) is 63.5 Å². The Balaban J connectivity index is 1.21. The summed E-state index contributed by atoms with van der Waals surface area (Å²) < 4.78 is 19.6. The zero-order valence-electron chi connectivity index (χ0n) is 48.6. The van der Waals surface area contributed by atoms with E-state index in [9.17, 15) is 9.59 Å². The summed E-state index contributed by atoms with van der Waals surface area (Å²) in [6.45, 7) is 14.2. The summed E-state index contributed by atoms with van der Waals surface area (Å²) in [4.78, 5) is 28.9. The van der Waals surface area contributed by atoms with Gasteiger partial charge in [-0.25, -0.2) is 0 Å². The minimum Gasteiger partial charge on any atom is -0.466 e. The van der Waals surface area contributed by atoms with Crippen molar-refractivity contribution in [1.82, 2.24) is 4.90 Å². The monoisotopic (exact) mass is 1060 g/mol. The second kappa shape index (κ2) is 36.1. The van der Waals surface area contributed by atoms with Crippen LogP contribution in [0.2, 0.25) is 5.04 Å². The van der Waals surface area contributed by atoms with Gasteiger partial charge >= 0.3 is 11.9 Å². The van der Waals surface area contributed by atoms with Gasteiger partial charge in [-0.1, -0.05) is 217 Å². The van der Waals surface area contributed by atoms with Gasteiger partial charge in [-0.05, 0) is 142 Å². The van der Waals surface area contributed by atoms with Crippen molar-refractivity contribution in [1.29, 1.82) is 0 Å². The molecule has 0 aliphatic heterocycles. The maximum Gasteiger partial charge on any atom is 0.306 e. The Labute approximate surface area is 460 Å². The molecule has 8 heteroatoms. The lowest BCUT2D eigenvalue weighted by Crippen LogP contribution is -2.66. The van der Waals surface area contributed by atoms with Crippen LogP contribution in [0.3, 0.4) is 0 Å². The fourth-order valence-electron chi connectivity index (χ4n) is 13.3. The fraction of sp³-hybridized carbons (Fsp3) is 0.788. The van der Waals surface area contributed by atoms with E-state index in [4.69, 9.17) is 13.9 Å². The number of hydrogen-bond acceptors (Lipinski definition) is 7. The van der Waals surface area contributed by atoms with E-state index in [1.54, 1.807) is 0 Å². The van der Waals surface area contributed by atoms with Crippen molar-refractivity contribution < 1.29 is 23.5 Å². The maximum absolute atomic E-state index is 13.2. The zero-order chi connectivity index (χ0) is 52.7. The minimum atomic E-state index is -2.57. The summed E-state index contributed by atoms with van der Waals surface area (Å²) in [5, 5.41) is 3.13. The SMILES string of the molecule is CCCCCC(CCOC(=O)CCC1CCCCC1)CCC(CCC(CCCCC)CCSC1CCCC[C@H]1OC(=O)CCC1CCCCC1)N(C)CCCCO[Si](c1ccccc1)(c1ccccc1)C(C)(C)C. The second-order valence-electron chi connectivity index (χ2n) is 24.8. The molecule has 420 valence electrons. The van der Waals surface area contributed by atoms with Gasteiger partial charge < -0.3 is 18.8 Å². The topological polar surface area (TPSA) is 65.1 Å². The Hall–Kier alpha value is -2.13. The number of carbonyl (C=O) groups is 2. The van der Waals surface area contributed by atoms with Gasteiger partial charge in [0.25, 0.3) is 8.32 Å². The van der Waals surface area contributed by atoms with Crippen LogP contribution in [0.1, 0.15) is 253 Å². The fourth-order valence-corrected chi connectivity index (χ4v) is 19.4. The van der Waals surface area contributed by atoms with Crippen molar-refractivity contribution in [2.24, 2.45) is 23.7 Å². The smallest absolute Gasteiger partial charge is 0.306 e. The van der Waals surface area contributed by atoms with Crippen molar-refractivity contribution in [3.05, 3.63) is 60.7 Å². The minimum absolute atomic E-state index is 0.0244. The van der Waals surface area contributed by atoms with E-state index in [0.29, 0.717) is 42.6 Å². The van der Waals surface area contributed by atoms with E-state index >= 15 is 0 Å².